The van der Waals surface area contributed by atoms with Crippen LogP contribution in [0, 0.1) is 11.3 Å². The van der Waals surface area contributed by atoms with Gasteiger partial charge in [0.15, 0.2) is 0 Å². The van der Waals surface area contributed by atoms with E-state index in [2.05, 4.69) is 11.4 Å². The molecule has 0 bridgehead atoms. The monoisotopic (exact) mass is 226 g/mol. The lowest BCUT2D eigenvalue weighted by molar-refractivity contribution is -0.0766. The smallest absolute Gasteiger partial charge is 0.138 e. The Balaban J connectivity index is 2.83. The molecule has 1 aliphatic heterocycles. The van der Waals surface area contributed by atoms with Crippen molar-refractivity contribution < 1.29 is 9.84 Å². The van der Waals surface area contributed by atoms with Gasteiger partial charge in [0.1, 0.15) is 5.54 Å². The summed E-state index contributed by atoms with van der Waals surface area (Å²) in [7, 11) is 0. The molecule has 0 aromatic heterocycles. The number of nitriles is 1. The number of hydrogen-bond donors (Lipinski definition) is 2. The Bertz CT molecular complexity index is 294. The Morgan fingerprint density at radius 3 is 2.38 bits per heavy atom. The summed E-state index contributed by atoms with van der Waals surface area (Å²) in [5.74, 6) is 0. The molecule has 16 heavy (non-hydrogen) atoms. The minimum Gasteiger partial charge on any atom is -0.396 e. The second-order valence-corrected chi connectivity index (χ2v) is 5.57. The summed E-state index contributed by atoms with van der Waals surface area (Å²) in [5, 5.41) is 21.4. The standard InChI is InChI=1S/C12H22N2O2/c1-10(2)8-12(9-13,11(3,4)16-10)14-6-5-7-15/h14-15H,5-8H2,1-4H3. The Labute approximate surface area is 97.6 Å². The van der Waals surface area contributed by atoms with Gasteiger partial charge >= 0.3 is 0 Å². The summed E-state index contributed by atoms with van der Waals surface area (Å²) in [5.41, 5.74) is -1.46. The van der Waals surface area contributed by atoms with Crippen LogP contribution in [0.5, 0.6) is 0 Å². The summed E-state index contributed by atoms with van der Waals surface area (Å²) in [6.07, 6.45) is 1.31. The zero-order valence-electron chi connectivity index (χ0n) is 10.6. The van der Waals surface area contributed by atoms with E-state index < -0.39 is 11.1 Å². The molecule has 1 saturated heterocycles. The van der Waals surface area contributed by atoms with Gasteiger partial charge in [0.2, 0.25) is 0 Å². The van der Waals surface area contributed by atoms with E-state index >= 15 is 0 Å². The molecule has 1 fully saturated rings. The van der Waals surface area contributed by atoms with E-state index in [1.807, 2.05) is 27.7 Å². The summed E-state index contributed by atoms with van der Waals surface area (Å²) in [6.45, 7) is 8.66. The summed E-state index contributed by atoms with van der Waals surface area (Å²) < 4.78 is 5.93. The first-order valence-corrected chi connectivity index (χ1v) is 5.76. The van der Waals surface area contributed by atoms with Crippen molar-refractivity contribution in [2.75, 3.05) is 13.2 Å². The maximum atomic E-state index is 9.43. The van der Waals surface area contributed by atoms with Crippen LogP contribution in [0.1, 0.15) is 40.5 Å². The van der Waals surface area contributed by atoms with Gasteiger partial charge in [-0.2, -0.15) is 5.26 Å². The number of aliphatic hydroxyl groups is 1. The second kappa shape index (κ2) is 4.33. The third kappa shape index (κ3) is 2.37. The molecule has 1 aliphatic rings. The van der Waals surface area contributed by atoms with E-state index in [-0.39, 0.29) is 12.2 Å². The molecule has 1 atom stereocenters. The van der Waals surface area contributed by atoms with Gasteiger partial charge in [-0.3, -0.25) is 5.32 Å². The summed E-state index contributed by atoms with van der Waals surface area (Å²) >= 11 is 0. The van der Waals surface area contributed by atoms with Crippen LogP contribution in [0.25, 0.3) is 0 Å². The Morgan fingerprint density at radius 2 is 2.00 bits per heavy atom. The second-order valence-electron chi connectivity index (χ2n) is 5.57. The van der Waals surface area contributed by atoms with Gasteiger partial charge in [-0.15, -0.1) is 0 Å². The van der Waals surface area contributed by atoms with Crippen molar-refractivity contribution in [3.05, 3.63) is 0 Å². The zero-order chi connectivity index (χ0) is 12.4. The van der Waals surface area contributed by atoms with Gasteiger partial charge in [0.25, 0.3) is 0 Å². The SMILES string of the molecule is CC1(C)CC(C#N)(NCCCO)C(C)(C)O1. The third-order valence-electron chi connectivity index (χ3n) is 3.20. The van der Waals surface area contributed by atoms with Gasteiger partial charge in [-0.05, 0) is 40.7 Å². The molecule has 0 amide bonds. The van der Waals surface area contributed by atoms with Crippen molar-refractivity contribution in [1.82, 2.24) is 5.32 Å². The molecule has 4 heteroatoms. The lowest BCUT2D eigenvalue weighted by Gasteiger charge is -2.34. The molecule has 0 aliphatic carbocycles. The van der Waals surface area contributed by atoms with E-state index in [1.54, 1.807) is 0 Å². The molecule has 0 aromatic carbocycles. The Hall–Kier alpha value is -0.630. The van der Waals surface area contributed by atoms with Crippen LogP contribution in [-0.2, 0) is 4.74 Å². The molecule has 0 aromatic rings. The third-order valence-corrected chi connectivity index (χ3v) is 3.20. The minimum atomic E-state index is -0.661. The molecule has 0 radical (unpaired) electrons. The van der Waals surface area contributed by atoms with E-state index in [0.717, 1.165) is 0 Å². The van der Waals surface area contributed by atoms with Crippen molar-refractivity contribution in [1.29, 1.82) is 5.26 Å². The highest BCUT2D eigenvalue weighted by atomic mass is 16.5. The quantitative estimate of drug-likeness (QED) is 0.707. The van der Waals surface area contributed by atoms with Crippen molar-refractivity contribution in [3.8, 4) is 6.07 Å². The molecule has 1 heterocycles. The molecule has 0 saturated carbocycles. The number of ether oxygens (including phenoxy) is 1. The van der Waals surface area contributed by atoms with Crippen LogP contribution >= 0.6 is 0 Å². The predicted molar refractivity (Wildman–Crippen MR) is 61.9 cm³/mol. The fourth-order valence-electron chi connectivity index (χ4n) is 2.54. The highest BCUT2D eigenvalue weighted by Gasteiger charge is 2.57. The van der Waals surface area contributed by atoms with E-state index in [9.17, 15) is 5.26 Å². The van der Waals surface area contributed by atoms with Gasteiger partial charge < -0.3 is 9.84 Å². The highest BCUT2D eigenvalue weighted by molar-refractivity contribution is 5.22. The van der Waals surface area contributed by atoms with E-state index in [1.165, 1.54) is 0 Å². The van der Waals surface area contributed by atoms with Gasteiger partial charge in [-0.25, -0.2) is 0 Å². The van der Waals surface area contributed by atoms with Gasteiger partial charge in [-0.1, -0.05) is 0 Å². The van der Waals surface area contributed by atoms with Crippen molar-refractivity contribution >= 4 is 0 Å². The van der Waals surface area contributed by atoms with Crippen LogP contribution in [-0.4, -0.2) is 35.0 Å². The van der Waals surface area contributed by atoms with Crippen LogP contribution < -0.4 is 5.32 Å². The maximum absolute atomic E-state index is 9.43. The lowest BCUT2D eigenvalue weighted by Crippen LogP contribution is -2.56. The summed E-state index contributed by atoms with van der Waals surface area (Å²) in [4.78, 5) is 0. The molecule has 92 valence electrons. The van der Waals surface area contributed by atoms with Crippen LogP contribution in [0.3, 0.4) is 0 Å². The fraction of sp³-hybridized carbons (Fsp3) is 0.917. The normalized spacial score (nSPS) is 31.2. The molecule has 0 spiro atoms. The van der Waals surface area contributed by atoms with Crippen LogP contribution in [0.15, 0.2) is 0 Å². The number of nitrogens with one attached hydrogen (secondary N) is 1. The number of hydrogen-bond acceptors (Lipinski definition) is 4. The Morgan fingerprint density at radius 1 is 1.38 bits per heavy atom. The average Bonchev–Trinajstić information content (AvgIpc) is 2.32. The maximum Gasteiger partial charge on any atom is 0.138 e. The molecule has 1 unspecified atom stereocenters. The highest BCUT2D eigenvalue weighted by Crippen LogP contribution is 2.44. The number of rotatable bonds is 4. The predicted octanol–water partition coefficient (Wildman–Crippen LogP) is 1.20. The zero-order valence-corrected chi connectivity index (χ0v) is 10.6. The topological polar surface area (TPSA) is 65.3 Å². The summed E-state index contributed by atoms with van der Waals surface area (Å²) in [6, 6.07) is 2.36. The van der Waals surface area contributed by atoms with Crippen molar-refractivity contribution in [2.24, 2.45) is 0 Å². The van der Waals surface area contributed by atoms with Crippen LogP contribution in [0.2, 0.25) is 0 Å². The number of aliphatic hydroxyl groups excluding tert-OH is 1. The van der Waals surface area contributed by atoms with Crippen molar-refractivity contribution in [3.63, 3.8) is 0 Å². The Kier molecular flexibility index (Phi) is 3.63. The number of nitrogens with zero attached hydrogens (tertiary/aromatic N) is 1. The first kappa shape index (κ1) is 13.4. The first-order chi connectivity index (χ1) is 7.29. The lowest BCUT2D eigenvalue weighted by atomic mass is 9.80. The van der Waals surface area contributed by atoms with E-state index in [0.29, 0.717) is 19.4 Å². The largest absolute Gasteiger partial charge is 0.396 e. The molecule has 2 N–H and O–H groups in total. The van der Waals surface area contributed by atoms with Crippen LogP contribution in [0.4, 0.5) is 0 Å². The minimum absolute atomic E-state index is 0.138. The first-order valence-electron chi connectivity index (χ1n) is 5.76. The molecular formula is C12H22N2O2. The van der Waals surface area contributed by atoms with E-state index in [4.69, 9.17) is 9.84 Å². The molecule has 4 nitrogen and oxygen atoms in total. The van der Waals surface area contributed by atoms with Gasteiger partial charge in [0.05, 0.1) is 17.3 Å². The van der Waals surface area contributed by atoms with Crippen molar-refractivity contribution in [2.45, 2.75) is 57.3 Å². The molecular weight excluding hydrogens is 204 g/mol. The molecule has 1 rings (SSSR count). The van der Waals surface area contributed by atoms with Gasteiger partial charge in [0, 0.05) is 13.0 Å². The fourth-order valence-corrected chi connectivity index (χ4v) is 2.54. The average molecular weight is 226 g/mol.